The Morgan fingerprint density at radius 1 is 0.422 bits per heavy atom. The van der Waals surface area contributed by atoms with Crippen LogP contribution in [0.1, 0.15) is 255 Å². The van der Waals surface area contributed by atoms with Gasteiger partial charge >= 0.3 is 17.9 Å². The highest BCUT2D eigenvalue weighted by atomic mass is 16.6. The second-order valence-corrected chi connectivity index (χ2v) is 35.7. The maximum absolute atomic E-state index is 13.4. The van der Waals surface area contributed by atoms with Crippen molar-refractivity contribution < 1.29 is 59.0 Å². The second-order valence-electron chi connectivity index (χ2n) is 35.7. The molecular formula is C76H122N2O12. The van der Waals surface area contributed by atoms with Crippen molar-refractivity contribution >= 4 is 29.7 Å². The topological polar surface area (TPSA) is 229 Å². The lowest BCUT2D eigenvalue weighted by Crippen LogP contribution is -2.62. The first-order chi connectivity index (χ1) is 42.6. The fraction of sp³-hybridized carbons (Fsp3) is 0.934. The zero-order valence-corrected chi connectivity index (χ0v) is 57.1. The standard InChI is InChI=1S/C76H122N2O12/c1-42(53-16-19-57-69-58(28-33-75(53,57)8)72(5)29-24-48(79)34-46(72)37-61(69)81)10-21-64(84)78-41-68(88)90-66(86)23-12-43(2)52-15-18-55-51-14-13-45-36-50(26-31-71(45,4)56(51)27-32-74(52,55)7)89-67(87)40-77-65(85)22-11-44(3)54-17-20-59-70-60(39-63(83)76(54,59)9)73(6)30-25-49(80)35-47(73)38-62(70)82/h42-63,69-70,79-83H,10-41H2,1-9H3,(H,77,85)(H,78,84)/t42-,43-,44-,45?,46?,47?,48-,49-,50-,51+,52-,53-,54-,55+,56+,57?,58?,59?,60?,61?,62?,63+,69?,70?,71+,72+,73+,74-,75-,76-/m1/s1. The van der Waals surface area contributed by atoms with Gasteiger partial charge in [-0.2, -0.15) is 0 Å². The van der Waals surface area contributed by atoms with Crippen LogP contribution in [0.25, 0.3) is 0 Å². The van der Waals surface area contributed by atoms with Gasteiger partial charge in [-0.25, -0.2) is 4.79 Å². The highest BCUT2D eigenvalue weighted by Gasteiger charge is 2.67. The number of carbonyl (C=O) groups excluding carboxylic acids is 5. The van der Waals surface area contributed by atoms with Crippen LogP contribution in [0.4, 0.5) is 0 Å². The number of hydrogen-bond acceptors (Lipinski definition) is 12. The number of aliphatic hydroxyl groups is 5. The molecule has 11 unspecified atom stereocenters. The Bertz CT molecular complexity index is 2630. The summed E-state index contributed by atoms with van der Waals surface area (Å²) in [5.74, 6) is 5.18. The lowest BCUT2D eigenvalue weighted by Gasteiger charge is -2.63. The molecule has 0 aliphatic heterocycles. The molecule has 12 saturated carbocycles. The average molecular weight is 1260 g/mol. The molecule has 7 N–H and O–H groups in total. The molecule has 14 nitrogen and oxygen atoms in total. The average Bonchev–Trinajstić information content (AvgIpc) is 1.35. The summed E-state index contributed by atoms with van der Waals surface area (Å²) >= 11 is 0. The summed E-state index contributed by atoms with van der Waals surface area (Å²) < 4.78 is 11.4. The fourth-order valence-corrected chi connectivity index (χ4v) is 27.2. The molecule has 2 amide bonds. The molecule has 12 rings (SSSR count). The highest BCUT2D eigenvalue weighted by molar-refractivity contribution is 5.89. The predicted molar refractivity (Wildman–Crippen MR) is 344 cm³/mol. The van der Waals surface area contributed by atoms with Crippen LogP contribution in [-0.4, -0.2) is 105 Å². The largest absolute Gasteiger partial charge is 0.461 e. The van der Waals surface area contributed by atoms with E-state index in [0.29, 0.717) is 103 Å². The third-order valence-corrected chi connectivity index (χ3v) is 32.2. The number of carbonyl (C=O) groups is 5. The van der Waals surface area contributed by atoms with E-state index in [-0.39, 0.29) is 130 Å². The molecule has 0 saturated heterocycles. The summed E-state index contributed by atoms with van der Waals surface area (Å²) in [5, 5.41) is 62.1. The van der Waals surface area contributed by atoms with Crippen molar-refractivity contribution in [3.05, 3.63) is 0 Å². The van der Waals surface area contributed by atoms with Crippen molar-refractivity contribution in [2.45, 2.75) is 292 Å². The fourth-order valence-electron chi connectivity index (χ4n) is 27.2. The van der Waals surface area contributed by atoms with Crippen LogP contribution in [0, 0.1) is 139 Å². The molecule has 12 aliphatic rings. The quantitative estimate of drug-likeness (QED) is 0.0533. The molecule has 12 aliphatic carbocycles. The van der Waals surface area contributed by atoms with Crippen LogP contribution in [0.15, 0.2) is 0 Å². The van der Waals surface area contributed by atoms with E-state index in [9.17, 15) is 49.5 Å². The Kier molecular flexibility index (Phi) is 19.3. The normalized spacial score (nSPS) is 49.2. The maximum Gasteiger partial charge on any atom is 0.333 e. The minimum absolute atomic E-state index is 0.0323. The van der Waals surface area contributed by atoms with Crippen LogP contribution >= 0.6 is 0 Å². The number of hydrogen-bond donors (Lipinski definition) is 7. The zero-order chi connectivity index (χ0) is 64.2. The summed E-state index contributed by atoms with van der Waals surface area (Å²) in [4.78, 5) is 65.9. The van der Waals surface area contributed by atoms with E-state index in [2.05, 4.69) is 72.9 Å². The smallest absolute Gasteiger partial charge is 0.333 e. The minimum Gasteiger partial charge on any atom is -0.461 e. The van der Waals surface area contributed by atoms with Gasteiger partial charge in [0.05, 0.1) is 30.5 Å². The summed E-state index contributed by atoms with van der Waals surface area (Å²) in [6, 6.07) is 0. The van der Waals surface area contributed by atoms with E-state index < -0.39 is 24.1 Å². The van der Waals surface area contributed by atoms with Crippen molar-refractivity contribution in [2.75, 3.05) is 13.1 Å². The van der Waals surface area contributed by atoms with Gasteiger partial charge in [0, 0.05) is 19.3 Å². The molecule has 0 spiro atoms. The van der Waals surface area contributed by atoms with Crippen molar-refractivity contribution in [2.24, 2.45) is 139 Å². The van der Waals surface area contributed by atoms with E-state index in [1.807, 2.05) is 0 Å². The van der Waals surface area contributed by atoms with Crippen molar-refractivity contribution in [1.82, 2.24) is 10.6 Å². The Labute approximate surface area is 540 Å². The third-order valence-electron chi connectivity index (χ3n) is 32.2. The molecule has 12 fully saturated rings. The number of rotatable bonds is 17. The first-order valence-electron chi connectivity index (χ1n) is 37.5. The van der Waals surface area contributed by atoms with Crippen LogP contribution in [0.5, 0.6) is 0 Å². The van der Waals surface area contributed by atoms with Gasteiger partial charge in [0.25, 0.3) is 0 Å². The molecule has 14 heteroatoms. The Morgan fingerprint density at radius 2 is 0.878 bits per heavy atom. The SMILES string of the molecule is C[C@H](CCC(=O)OC(=O)CNC(=O)CC[C@@H](C)[C@H]1CCC2C3C(O)CC4C[C@H](O)CC[C@]4(C)C3CC[C@@]21C)[C@H]1CC[C@H]2[C@@H]3CCC4C[C@H](OC(=O)CNC(=O)CC[C@@H](C)[C@H]5CCC6C7C(O)CC8C[C@H](O)CC[C@]8(C)C7C[C@H](O)[C@@]65C)CC[C@]4(C)[C@H]3CC[C@]12C. The molecular weight excluding hydrogens is 1130 g/mol. The van der Waals surface area contributed by atoms with Gasteiger partial charge < -0.3 is 45.6 Å². The van der Waals surface area contributed by atoms with Crippen LogP contribution in [-0.2, 0) is 33.4 Å². The van der Waals surface area contributed by atoms with Crippen LogP contribution in [0.3, 0.4) is 0 Å². The summed E-state index contributed by atoms with van der Waals surface area (Å²) in [6.45, 7) is 20.9. The number of nitrogens with one attached hydrogen (secondary N) is 2. The Hall–Kier alpha value is -2.65. The van der Waals surface area contributed by atoms with Gasteiger partial charge in [-0.3, -0.25) is 19.2 Å². The van der Waals surface area contributed by atoms with Crippen LogP contribution in [0.2, 0.25) is 0 Å². The number of amides is 2. The molecule has 0 bridgehead atoms. The molecule has 0 aromatic heterocycles. The Balaban J connectivity index is 0.536. The lowest BCUT2D eigenvalue weighted by molar-refractivity contribution is -0.207. The summed E-state index contributed by atoms with van der Waals surface area (Å²) in [6.07, 6.45) is 24.8. The lowest BCUT2D eigenvalue weighted by atomic mass is 9.43. The number of esters is 3. The monoisotopic (exact) mass is 1250 g/mol. The molecule has 0 aromatic rings. The van der Waals surface area contributed by atoms with Gasteiger partial charge in [0.1, 0.15) is 19.2 Å². The minimum atomic E-state index is -0.708. The number of fused-ring (bicyclic) bond motifs is 15. The van der Waals surface area contributed by atoms with Crippen molar-refractivity contribution in [1.29, 1.82) is 0 Å². The zero-order valence-electron chi connectivity index (χ0n) is 57.1. The first-order valence-corrected chi connectivity index (χ1v) is 37.5. The molecule has 0 aromatic carbocycles. The van der Waals surface area contributed by atoms with Gasteiger partial charge in [0.2, 0.25) is 11.8 Å². The first kappa shape index (κ1) is 67.3. The summed E-state index contributed by atoms with van der Waals surface area (Å²) in [5.41, 5.74) is 0.428. The molecule has 0 heterocycles. The van der Waals surface area contributed by atoms with Crippen LogP contribution < -0.4 is 10.6 Å². The summed E-state index contributed by atoms with van der Waals surface area (Å²) in [7, 11) is 0. The Morgan fingerprint density at radius 3 is 1.50 bits per heavy atom. The number of ether oxygens (including phenoxy) is 2. The maximum atomic E-state index is 13.4. The molecule has 30 atom stereocenters. The predicted octanol–water partition coefficient (Wildman–Crippen LogP) is 12.1. The second kappa shape index (κ2) is 25.7. The van der Waals surface area contributed by atoms with E-state index in [0.717, 1.165) is 128 Å². The van der Waals surface area contributed by atoms with Gasteiger partial charge in [-0.15, -0.1) is 0 Å². The van der Waals surface area contributed by atoms with Crippen molar-refractivity contribution in [3.63, 3.8) is 0 Å². The molecule has 0 radical (unpaired) electrons. The van der Waals surface area contributed by atoms with E-state index >= 15 is 0 Å². The number of aliphatic hydroxyl groups excluding tert-OH is 5. The van der Waals surface area contributed by atoms with E-state index in [4.69, 9.17) is 9.47 Å². The van der Waals surface area contributed by atoms with E-state index in [1.54, 1.807) is 0 Å². The van der Waals surface area contributed by atoms with E-state index in [1.165, 1.54) is 25.7 Å². The van der Waals surface area contributed by atoms with Gasteiger partial charge in [-0.05, 0) is 312 Å². The molecule has 508 valence electrons. The highest BCUT2D eigenvalue weighted by Crippen LogP contribution is 2.72. The van der Waals surface area contributed by atoms with Crippen molar-refractivity contribution in [3.8, 4) is 0 Å². The van der Waals surface area contributed by atoms with Gasteiger partial charge in [-0.1, -0.05) is 62.3 Å². The molecule has 90 heavy (non-hydrogen) atoms. The third kappa shape index (κ3) is 11.9. The van der Waals surface area contributed by atoms with Gasteiger partial charge in [0.15, 0.2) is 0 Å².